The lowest BCUT2D eigenvalue weighted by Gasteiger charge is -2.21. The predicted molar refractivity (Wildman–Crippen MR) is 133 cm³/mol. The van der Waals surface area contributed by atoms with Crippen LogP contribution >= 0.6 is 11.3 Å². The van der Waals surface area contributed by atoms with Crippen LogP contribution in [0.3, 0.4) is 0 Å². The molecule has 5 aromatic rings. The summed E-state index contributed by atoms with van der Waals surface area (Å²) in [6.07, 6.45) is 5.39. The molecule has 0 fully saturated rings. The molecule has 3 heterocycles. The fraction of sp³-hybridized carbons (Fsp3) is 0.250. The number of nitrogens with one attached hydrogen (secondary N) is 1. The Morgan fingerprint density at radius 1 is 1.09 bits per heavy atom. The first kappa shape index (κ1) is 21.3. The SMILES string of the molecule is C[C@H](CN(C)C)Oc1cc(-c2cnn(C)c2)cc2ncnc(Nc3ccc4ncsc4c3)c12. The highest BCUT2D eigenvalue weighted by molar-refractivity contribution is 7.16. The molecule has 2 aromatic carbocycles. The van der Waals surface area contributed by atoms with E-state index in [-0.39, 0.29) is 6.10 Å². The number of aryl methyl sites for hydroxylation is 1. The van der Waals surface area contributed by atoms with E-state index in [2.05, 4.69) is 49.3 Å². The van der Waals surface area contributed by atoms with Crippen molar-refractivity contribution in [2.24, 2.45) is 7.05 Å². The average molecular weight is 460 g/mol. The van der Waals surface area contributed by atoms with Crippen LogP contribution in [-0.2, 0) is 7.05 Å². The molecular weight excluding hydrogens is 434 g/mol. The minimum Gasteiger partial charge on any atom is -0.489 e. The minimum atomic E-state index is -0.0195. The second-order valence-electron chi connectivity index (χ2n) is 8.34. The van der Waals surface area contributed by atoms with Crippen LogP contribution in [-0.4, -0.2) is 56.4 Å². The summed E-state index contributed by atoms with van der Waals surface area (Å²) in [5, 5.41) is 8.63. The summed E-state index contributed by atoms with van der Waals surface area (Å²) in [5.41, 5.74) is 6.59. The van der Waals surface area contributed by atoms with Crippen LogP contribution in [0.1, 0.15) is 6.92 Å². The van der Waals surface area contributed by atoms with Crippen LogP contribution in [0, 0.1) is 0 Å². The van der Waals surface area contributed by atoms with Gasteiger partial charge in [0.2, 0.25) is 0 Å². The average Bonchev–Trinajstić information content (AvgIpc) is 3.41. The van der Waals surface area contributed by atoms with Crippen LogP contribution in [0.5, 0.6) is 5.75 Å². The molecule has 0 saturated carbocycles. The van der Waals surface area contributed by atoms with Gasteiger partial charge in [-0.1, -0.05) is 0 Å². The van der Waals surface area contributed by atoms with Gasteiger partial charge in [0.15, 0.2) is 0 Å². The Kier molecular flexibility index (Phi) is 5.65. The Balaban J connectivity index is 1.61. The van der Waals surface area contributed by atoms with Crippen molar-refractivity contribution in [2.75, 3.05) is 26.0 Å². The number of aromatic nitrogens is 5. The Labute approximate surface area is 195 Å². The molecule has 0 unspecified atom stereocenters. The van der Waals surface area contributed by atoms with Crippen molar-refractivity contribution in [3.05, 3.63) is 54.6 Å². The zero-order valence-corrected chi connectivity index (χ0v) is 19.8. The fourth-order valence-electron chi connectivity index (χ4n) is 3.92. The van der Waals surface area contributed by atoms with Crippen LogP contribution < -0.4 is 10.1 Å². The summed E-state index contributed by atoms with van der Waals surface area (Å²) in [6.45, 7) is 2.86. The first-order valence-electron chi connectivity index (χ1n) is 10.7. The van der Waals surface area contributed by atoms with E-state index in [0.717, 1.165) is 50.2 Å². The third-order valence-corrected chi connectivity index (χ3v) is 6.08. The van der Waals surface area contributed by atoms with E-state index >= 15 is 0 Å². The lowest BCUT2D eigenvalue weighted by atomic mass is 10.1. The number of benzene rings is 2. The van der Waals surface area contributed by atoms with Crippen molar-refractivity contribution in [1.29, 1.82) is 0 Å². The maximum absolute atomic E-state index is 6.45. The van der Waals surface area contributed by atoms with Crippen molar-refractivity contribution >= 4 is 44.0 Å². The number of hydrogen-bond acceptors (Lipinski definition) is 8. The highest BCUT2D eigenvalue weighted by Gasteiger charge is 2.17. The maximum atomic E-state index is 6.45. The summed E-state index contributed by atoms with van der Waals surface area (Å²) in [4.78, 5) is 15.6. The van der Waals surface area contributed by atoms with Crippen LogP contribution in [0.15, 0.2) is 54.6 Å². The Bertz CT molecular complexity index is 1430. The van der Waals surface area contributed by atoms with E-state index in [0.29, 0.717) is 5.82 Å². The van der Waals surface area contributed by atoms with Gasteiger partial charge in [-0.25, -0.2) is 15.0 Å². The van der Waals surface area contributed by atoms with Gasteiger partial charge in [-0.2, -0.15) is 5.10 Å². The quantitative estimate of drug-likeness (QED) is 0.377. The van der Waals surface area contributed by atoms with Gasteiger partial charge in [-0.15, -0.1) is 11.3 Å². The summed E-state index contributed by atoms with van der Waals surface area (Å²) >= 11 is 1.61. The lowest BCUT2D eigenvalue weighted by molar-refractivity contribution is 0.179. The normalized spacial score (nSPS) is 12.5. The van der Waals surface area contributed by atoms with Crippen molar-refractivity contribution < 1.29 is 4.74 Å². The second-order valence-corrected chi connectivity index (χ2v) is 9.23. The molecule has 0 radical (unpaired) electrons. The molecule has 9 heteroatoms. The first-order chi connectivity index (χ1) is 16.0. The topological polar surface area (TPSA) is 81.0 Å². The Morgan fingerprint density at radius 2 is 1.97 bits per heavy atom. The fourth-order valence-corrected chi connectivity index (χ4v) is 4.63. The molecule has 0 amide bonds. The van der Waals surface area contributed by atoms with E-state index in [4.69, 9.17) is 4.74 Å². The van der Waals surface area contributed by atoms with E-state index in [1.54, 1.807) is 22.3 Å². The summed E-state index contributed by atoms with van der Waals surface area (Å²) in [5.74, 6) is 1.44. The highest BCUT2D eigenvalue weighted by atomic mass is 32.1. The number of thiazole rings is 1. The molecule has 33 heavy (non-hydrogen) atoms. The Morgan fingerprint density at radius 3 is 2.76 bits per heavy atom. The predicted octanol–water partition coefficient (Wildman–Crippen LogP) is 4.71. The molecule has 0 spiro atoms. The molecule has 0 aliphatic carbocycles. The second kappa shape index (κ2) is 8.76. The summed E-state index contributed by atoms with van der Waals surface area (Å²) in [6, 6.07) is 10.2. The van der Waals surface area contributed by atoms with Crippen molar-refractivity contribution in [1.82, 2.24) is 29.6 Å². The van der Waals surface area contributed by atoms with Crippen LogP contribution in [0.4, 0.5) is 11.5 Å². The summed E-state index contributed by atoms with van der Waals surface area (Å²) in [7, 11) is 5.98. The number of rotatable bonds is 7. The molecule has 1 atom stereocenters. The summed E-state index contributed by atoms with van der Waals surface area (Å²) < 4.78 is 9.35. The van der Waals surface area contributed by atoms with Gasteiger partial charge < -0.3 is 15.0 Å². The van der Waals surface area contributed by atoms with E-state index in [1.165, 1.54) is 0 Å². The standard InChI is InChI=1S/C24H25N7OS/c1-15(11-30(2)3)32-21-8-16(17-10-28-31(4)12-17)7-20-23(21)24(26-13-25-20)29-18-5-6-19-22(9-18)33-14-27-19/h5-10,12-15H,11H2,1-4H3,(H,25,26,29)/t15-/m1/s1. The van der Waals surface area contributed by atoms with E-state index in [9.17, 15) is 0 Å². The molecule has 0 saturated heterocycles. The molecule has 1 N–H and O–H groups in total. The van der Waals surface area contributed by atoms with Crippen LogP contribution in [0.2, 0.25) is 0 Å². The minimum absolute atomic E-state index is 0.0195. The van der Waals surface area contributed by atoms with Crippen molar-refractivity contribution in [2.45, 2.75) is 13.0 Å². The first-order valence-corrected chi connectivity index (χ1v) is 11.5. The zero-order valence-electron chi connectivity index (χ0n) is 19.0. The largest absolute Gasteiger partial charge is 0.489 e. The van der Waals surface area contributed by atoms with Gasteiger partial charge in [-0.3, -0.25) is 4.68 Å². The van der Waals surface area contributed by atoms with Gasteiger partial charge in [0.1, 0.15) is 24.0 Å². The van der Waals surface area contributed by atoms with Crippen molar-refractivity contribution in [3.63, 3.8) is 0 Å². The van der Waals surface area contributed by atoms with Gasteiger partial charge in [-0.05, 0) is 56.9 Å². The lowest BCUT2D eigenvalue weighted by Crippen LogP contribution is -2.28. The maximum Gasteiger partial charge on any atom is 0.145 e. The number of hydrogen-bond donors (Lipinski definition) is 1. The highest BCUT2D eigenvalue weighted by Crippen LogP contribution is 2.37. The van der Waals surface area contributed by atoms with Gasteiger partial charge in [0, 0.05) is 31.0 Å². The Hall–Kier alpha value is -3.56. The monoisotopic (exact) mass is 459 g/mol. The number of nitrogens with zero attached hydrogens (tertiary/aromatic N) is 6. The molecule has 0 aliphatic rings. The van der Waals surface area contributed by atoms with Gasteiger partial charge in [0.25, 0.3) is 0 Å². The number of likely N-dealkylation sites (N-methyl/N-ethyl adjacent to an activating group) is 1. The molecule has 0 bridgehead atoms. The third-order valence-electron chi connectivity index (χ3n) is 5.28. The van der Waals surface area contributed by atoms with Gasteiger partial charge >= 0.3 is 0 Å². The van der Waals surface area contributed by atoms with Gasteiger partial charge in [0.05, 0.1) is 32.8 Å². The molecule has 3 aromatic heterocycles. The molecule has 168 valence electrons. The number of anilines is 2. The molecule has 8 nitrogen and oxygen atoms in total. The zero-order chi connectivity index (χ0) is 22.9. The number of fused-ring (bicyclic) bond motifs is 2. The molecular formula is C24H25N7OS. The molecule has 0 aliphatic heterocycles. The number of ether oxygens (including phenoxy) is 1. The van der Waals surface area contributed by atoms with E-state index < -0.39 is 0 Å². The smallest absolute Gasteiger partial charge is 0.145 e. The van der Waals surface area contributed by atoms with Crippen LogP contribution in [0.25, 0.3) is 32.2 Å². The third kappa shape index (κ3) is 4.50. The molecule has 5 rings (SSSR count). The van der Waals surface area contributed by atoms with E-state index in [1.807, 2.05) is 57.2 Å². The van der Waals surface area contributed by atoms with Crippen molar-refractivity contribution in [3.8, 4) is 16.9 Å².